The molecule has 0 aliphatic carbocycles. The van der Waals surface area contributed by atoms with E-state index < -0.39 is 0 Å². The van der Waals surface area contributed by atoms with E-state index in [0.717, 1.165) is 0 Å². The summed E-state index contributed by atoms with van der Waals surface area (Å²) in [4.78, 5) is 19.6. The Morgan fingerprint density at radius 1 is 1.56 bits per heavy atom. The van der Waals surface area contributed by atoms with Crippen LogP contribution in [0.2, 0.25) is 5.28 Å². The smallest absolute Gasteiger partial charge is 0.270 e. The lowest BCUT2D eigenvalue weighted by Crippen LogP contribution is -2.40. The van der Waals surface area contributed by atoms with Gasteiger partial charge >= 0.3 is 0 Å². The SMILES string of the molecule is Cc1cc(C(=O)NCC2COCCO2)nc(Cl)n1. The molecule has 2 heterocycles. The number of halogens is 1. The van der Waals surface area contributed by atoms with Gasteiger partial charge in [0, 0.05) is 12.2 Å². The Hall–Kier alpha value is -1.24. The van der Waals surface area contributed by atoms with Gasteiger partial charge in [-0.1, -0.05) is 0 Å². The summed E-state index contributed by atoms with van der Waals surface area (Å²) in [5, 5.41) is 2.80. The van der Waals surface area contributed by atoms with Gasteiger partial charge in [0.25, 0.3) is 5.91 Å². The van der Waals surface area contributed by atoms with Gasteiger partial charge < -0.3 is 14.8 Å². The van der Waals surface area contributed by atoms with Crippen LogP contribution in [0, 0.1) is 6.92 Å². The van der Waals surface area contributed by atoms with Crippen molar-refractivity contribution in [1.82, 2.24) is 15.3 Å². The number of nitrogens with zero attached hydrogens (tertiary/aromatic N) is 2. The maximum Gasteiger partial charge on any atom is 0.270 e. The minimum absolute atomic E-state index is 0.0670. The van der Waals surface area contributed by atoms with Crippen molar-refractivity contribution in [2.75, 3.05) is 26.4 Å². The minimum Gasteiger partial charge on any atom is -0.376 e. The zero-order valence-electron chi connectivity index (χ0n) is 9.98. The molecule has 2 rings (SSSR count). The highest BCUT2D eigenvalue weighted by Gasteiger charge is 2.16. The number of carbonyl (C=O) groups is 1. The number of rotatable bonds is 3. The summed E-state index contributed by atoms with van der Waals surface area (Å²) in [5.41, 5.74) is 0.904. The number of nitrogens with one attached hydrogen (secondary N) is 1. The van der Waals surface area contributed by atoms with Crippen LogP contribution in [0.5, 0.6) is 0 Å². The van der Waals surface area contributed by atoms with Gasteiger partial charge in [0.2, 0.25) is 5.28 Å². The third kappa shape index (κ3) is 3.63. The summed E-state index contributed by atoms with van der Waals surface area (Å²) < 4.78 is 10.6. The Kier molecular flexibility index (Phi) is 4.46. The van der Waals surface area contributed by atoms with Crippen LogP contribution in [-0.4, -0.2) is 48.3 Å². The van der Waals surface area contributed by atoms with Crippen molar-refractivity contribution in [2.24, 2.45) is 0 Å². The van der Waals surface area contributed by atoms with Crippen molar-refractivity contribution in [3.8, 4) is 0 Å². The fourth-order valence-electron chi connectivity index (χ4n) is 1.60. The van der Waals surface area contributed by atoms with E-state index >= 15 is 0 Å². The molecule has 1 unspecified atom stereocenters. The summed E-state index contributed by atoms with van der Waals surface area (Å²) in [6, 6.07) is 1.58. The number of aryl methyl sites for hydroxylation is 1. The number of ether oxygens (including phenoxy) is 2. The quantitative estimate of drug-likeness (QED) is 0.815. The Labute approximate surface area is 110 Å². The Morgan fingerprint density at radius 2 is 2.39 bits per heavy atom. The van der Waals surface area contributed by atoms with Gasteiger partial charge in [0.15, 0.2) is 0 Å². The Morgan fingerprint density at radius 3 is 3.06 bits per heavy atom. The van der Waals surface area contributed by atoms with Crippen molar-refractivity contribution in [3.05, 3.63) is 22.7 Å². The number of amides is 1. The van der Waals surface area contributed by atoms with Crippen molar-refractivity contribution in [2.45, 2.75) is 13.0 Å². The molecule has 1 fully saturated rings. The lowest BCUT2D eigenvalue weighted by Gasteiger charge is -2.22. The largest absolute Gasteiger partial charge is 0.376 e. The molecule has 1 N–H and O–H groups in total. The maximum atomic E-state index is 11.8. The van der Waals surface area contributed by atoms with Crippen molar-refractivity contribution in [3.63, 3.8) is 0 Å². The third-order valence-electron chi connectivity index (χ3n) is 2.43. The summed E-state index contributed by atoms with van der Waals surface area (Å²) in [5.74, 6) is -0.295. The van der Waals surface area contributed by atoms with Crippen LogP contribution >= 0.6 is 11.6 Å². The van der Waals surface area contributed by atoms with Gasteiger partial charge in [-0.25, -0.2) is 9.97 Å². The first-order valence-corrected chi connectivity index (χ1v) is 6.01. The third-order valence-corrected chi connectivity index (χ3v) is 2.60. The first-order chi connectivity index (χ1) is 8.65. The minimum atomic E-state index is -0.295. The molecule has 0 aromatic carbocycles. The highest BCUT2D eigenvalue weighted by molar-refractivity contribution is 6.28. The van der Waals surface area contributed by atoms with E-state index in [9.17, 15) is 4.79 Å². The maximum absolute atomic E-state index is 11.8. The Balaban J connectivity index is 1.90. The standard InChI is InChI=1S/C11H14ClN3O3/c1-7-4-9(15-11(12)14-7)10(16)13-5-8-6-17-2-3-18-8/h4,8H,2-3,5-6H2,1H3,(H,13,16). The lowest BCUT2D eigenvalue weighted by atomic mass is 10.3. The lowest BCUT2D eigenvalue weighted by molar-refractivity contribution is -0.0855. The number of hydrogen-bond acceptors (Lipinski definition) is 5. The number of hydrogen-bond donors (Lipinski definition) is 1. The second kappa shape index (κ2) is 6.08. The normalized spacial score (nSPS) is 19.6. The second-order valence-corrected chi connectivity index (χ2v) is 4.28. The van der Waals surface area contributed by atoms with Crippen LogP contribution in [0.4, 0.5) is 0 Å². The summed E-state index contributed by atoms with van der Waals surface area (Å²) >= 11 is 5.70. The van der Waals surface area contributed by atoms with Crippen LogP contribution in [0.1, 0.15) is 16.2 Å². The first kappa shape index (κ1) is 13.2. The fraction of sp³-hybridized carbons (Fsp3) is 0.545. The van der Waals surface area contributed by atoms with Gasteiger partial charge in [-0.05, 0) is 24.6 Å². The monoisotopic (exact) mass is 271 g/mol. The molecule has 1 aromatic heterocycles. The predicted molar refractivity (Wildman–Crippen MR) is 64.7 cm³/mol. The molecule has 0 radical (unpaired) electrons. The van der Waals surface area contributed by atoms with Crippen LogP contribution in [-0.2, 0) is 9.47 Å². The van der Waals surface area contributed by atoms with E-state index in [-0.39, 0.29) is 23.0 Å². The van der Waals surface area contributed by atoms with Gasteiger partial charge in [-0.3, -0.25) is 4.79 Å². The summed E-state index contributed by atoms with van der Waals surface area (Å²) in [7, 11) is 0. The van der Waals surface area contributed by atoms with Gasteiger partial charge in [0.05, 0.1) is 25.9 Å². The van der Waals surface area contributed by atoms with Crippen LogP contribution in [0.25, 0.3) is 0 Å². The molecule has 0 spiro atoms. The van der Waals surface area contributed by atoms with Crippen LogP contribution < -0.4 is 5.32 Å². The molecule has 98 valence electrons. The van der Waals surface area contributed by atoms with Crippen molar-refractivity contribution < 1.29 is 14.3 Å². The Bertz CT molecular complexity index is 415. The number of aromatic nitrogens is 2. The average molecular weight is 272 g/mol. The molecule has 7 heteroatoms. The van der Waals surface area contributed by atoms with E-state index in [2.05, 4.69) is 15.3 Å². The summed E-state index contributed by atoms with van der Waals surface area (Å²) in [6.45, 7) is 3.79. The molecular weight excluding hydrogens is 258 g/mol. The van der Waals surface area contributed by atoms with Crippen LogP contribution in [0.3, 0.4) is 0 Å². The molecular formula is C11H14ClN3O3. The molecule has 1 aliphatic heterocycles. The first-order valence-electron chi connectivity index (χ1n) is 5.64. The van der Waals surface area contributed by atoms with Crippen molar-refractivity contribution >= 4 is 17.5 Å². The molecule has 1 aliphatic rings. The zero-order valence-corrected chi connectivity index (χ0v) is 10.7. The second-order valence-electron chi connectivity index (χ2n) is 3.94. The molecule has 0 saturated carbocycles. The molecule has 1 atom stereocenters. The highest BCUT2D eigenvalue weighted by Crippen LogP contribution is 2.05. The zero-order chi connectivity index (χ0) is 13.0. The predicted octanol–water partition coefficient (Wildman–Crippen LogP) is 0.584. The van der Waals surface area contributed by atoms with E-state index in [1.165, 1.54) is 0 Å². The van der Waals surface area contributed by atoms with Crippen LogP contribution in [0.15, 0.2) is 6.07 Å². The van der Waals surface area contributed by atoms with Gasteiger partial charge in [0.1, 0.15) is 5.69 Å². The van der Waals surface area contributed by atoms with E-state index in [1.54, 1.807) is 13.0 Å². The summed E-state index contributed by atoms with van der Waals surface area (Å²) in [6.07, 6.45) is -0.110. The van der Waals surface area contributed by atoms with Gasteiger partial charge in [-0.2, -0.15) is 0 Å². The molecule has 1 aromatic rings. The average Bonchev–Trinajstić information content (AvgIpc) is 2.36. The molecule has 6 nitrogen and oxygen atoms in total. The van der Waals surface area contributed by atoms with Crippen molar-refractivity contribution in [1.29, 1.82) is 0 Å². The molecule has 1 amide bonds. The number of carbonyl (C=O) groups excluding carboxylic acids is 1. The van der Waals surface area contributed by atoms with E-state index in [4.69, 9.17) is 21.1 Å². The molecule has 0 bridgehead atoms. The molecule has 1 saturated heterocycles. The highest BCUT2D eigenvalue weighted by atomic mass is 35.5. The fourth-order valence-corrected chi connectivity index (χ4v) is 1.82. The topological polar surface area (TPSA) is 73.3 Å². The van der Waals surface area contributed by atoms with E-state index in [1.807, 2.05) is 0 Å². The van der Waals surface area contributed by atoms with Gasteiger partial charge in [-0.15, -0.1) is 0 Å². The molecule has 18 heavy (non-hydrogen) atoms. The van der Waals surface area contributed by atoms with E-state index in [0.29, 0.717) is 32.1 Å².